The van der Waals surface area contributed by atoms with Crippen LogP contribution in [-0.2, 0) is 0 Å². The van der Waals surface area contributed by atoms with Crippen molar-refractivity contribution in [1.82, 2.24) is 29.5 Å². The summed E-state index contributed by atoms with van der Waals surface area (Å²) in [4.78, 5) is 26.5. The molecule has 9 aromatic carbocycles. The third-order valence-electron chi connectivity index (χ3n) is 13.5. The summed E-state index contributed by atoms with van der Waals surface area (Å²) in [6, 6.07) is 76.7. The lowest BCUT2D eigenvalue weighted by atomic mass is 9.96. The fourth-order valence-corrected chi connectivity index (χ4v) is 9.96. The molecule has 0 N–H and O–H groups in total. The van der Waals surface area contributed by atoms with Crippen molar-refractivity contribution in [3.05, 3.63) is 241 Å². The second-order valence-electron chi connectivity index (χ2n) is 18.4. The molecule has 6 heteroatoms. The quantitative estimate of drug-likeness (QED) is 0.144. The third kappa shape index (κ3) is 8.25. The molecule has 12 rings (SSSR count). The van der Waals surface area contributed by atoms with Crippen LogP contribution < -0.4 is 0 Å². The van der Waals surface area contributed by atoms with Crippen LogP contribution in [0.5, 0.6) is 0 Å². The Bertz CT molecular complexity index is 3730. The molecule has 0 aliphatic heterocycles. The van der Waals surface area contributed by atoms with E-state index in [1.54, 1.807) is 0 Å². The monoisotopic (exact) mass is 912 g/mol. The summed E-state index contributed by atoms with van der Waals surface area (Å²) in [7, 11) is 0. The van der Waals surface area contributed by atoms with Crippen LogP contribution in [0.3, 0.4) is 0 Å². The first-order valence-corrected chi connectivity index (χ1v) is 24.1. The van der Waals surface area contributed by atoms with E-state index in [1.807, 2.05) is 72.8 Å². The van der Waals surface area contributed by atoms with Crippen LogP contribution in [0.15, 0.2) is 218 Å². The van der Waals surface area contributed by atoms with Crippen molar-refractivity contribution in [3.8, 4) is 96.0 Å². The number of hydrogen-bond donors (Lipinski definition) is 0. The topological polar surface area (TPSA) is 69.4 Å². The molecule has 0 aliphatic carbocycles. The van der Waals surface area contributed by atoms with Gasteiger partial charge in [-0.05, 0) is 97.5 Å². The molecule has 12 aromatic rings. The Morgan fingerprint density at radius 3 is 1.14 bits per heavy atom. The second-order valence-corrected chi connectivity index (χ2v) is 18.4. The van der Waals surface area contributed by atoms with Gasteiger partial charge in [-0.25, -0.2) is 24.9 Å². The van der Waals surface area contributed by atoms with Gasteiger partial charge in [0.15, 0.2) is 23.3 Å². The van der Waals surface area contributed by atoms with Crippen molar-refractivity contribution >= 4 is 21.8 Å². The lowest BCUT2D eigenvalue weighted by molar-refractivity contribution is 1.06. The van der Waals surface area contributed by atoms with Gasteiger partial charge in [-0.15, -0.1) is 0 Å². The van der Waals surface area contributed by atoms with Crippen LogP contribution in [0.25, 0.3) is 118 Å². The smallest absolute Gasteiger partial charge is 0.166 e. The van der Waals surface area contributed by atoms with Crippen LogP contribution in [0, 0.1) is 27.7 Å². The molecule has 0 spiro atoms. The average Bonchev–Trinajstić information content (AvgIpc) is 3.74. The Labute approximate surface area is 413 Å². The predicted octanol–water partition coefficient (Wildman–Crippen LogP) is 16.3. The molecule has 6 nitrogen and oxygen atoms in total. The van der Waals surface area contributed by atoms with Crippen LogP contribution >= 0.6 is 0 Å². The molecule has 0 bridgehead atoms. The predicted molar refractivity (Wildman–Crippen MR) is 292 cm³/mol. The highest BCUT2D eigenvalue weighted by Crippen LogP contribution is 2.42. The number of rotatable bonds is 9. The fraction of sp³-hybridized carbons (Fsp3) is 0.0615. The number of nitrogens with zero attached hydrogens (tertiary/aromatic N) is 6. The summed E-state index contributed by atoms with van der Waals surface area (Å²) in [6.07, 6.45) is 0. The molecule has 0 unspecified atom stereocenters. The Kier molecular flexibility index (Phi) is 11.0. The molecule has 3 aromatic heterocycles. The molecule has 71 heavy (non-hydrogen) atoms. The van der Waals surface area contributed by atoms with Crippen molar-refractivity contribution in [3.63, 3.8) is 0 Å². The van der Waals surface area contributed by atoms with E-state index in [1.165, 1.54) is 33.4 Å². The Morgan fingerprint density at radius 1 is 0.282 bits per heavy atom. The van der Waals surface area contributed by atoms with Crippen molar-refractivity contribution < 1.29 is 0 Å². The van der Waals surface area contributed by atoms with Crippen LogP contribution in [0.4, 0.5) is 0 Å². The normalized spacial score (nSPS) is 11.4. The number of aryl methyl sites for hydroxylation is 4. The molecule has 0 fully saturated rings. The number of fused-ring (bicyclic) bond motifs is 3. The van der Waals surface area contributed by atoms with Crippen molar-refractivity contribution in [2.75, 3.05) is 0 Å². The first kappa shape index (κ1) is 43.2. The van der Waals surface area contributed by atoms with Gasteiger partial charge in [-0.2, -0.15) is 0 Å². The van der Waals surface area contributed by atoms with Gasteiger partial charge in [0.2, 0.25) is 0 Å². The van der Waals surface area contributed by atoms with Crippen LogP contribution in [-0.4, -0.2) is 29.5 Å². The van der Waals surface area contributed by atoms with E-state index in [0.29, 0.717) is 23.3 Å². The summed E-state index contributed by atoms with van der Waals surface area (Å²) >= 11 is 0. The Balaban J connectivity index is 1.18. The molecule has 0 radical (unpaired) electrons. The number of hydrogen-bond acceptors (Lipinski definition) is 5. The Hall–Kier alpha value is -9.13. The largest absolute Gasteiger partial charge is 0.308 e. The van der Waals surface area contributed by atoms with Crippen molar-refractivity contribution in [1.29, 1.82) is 0 Å². The van der Waals surface area contributed by atoms with Gasteiger partial charge >= 0.3 is 0 Å². The van der Waals surface area contributed by atoms with Crippen LogP contribution in [0.1, 0.15) is 22.3 Å². The zero-order chi connectivity index (χ0) is 48.0. The highest BCUT2D eigenvalue weighted by atomic mass is 15.1. The van der Waals surface area contributed by atoms with Gasteiger partial charge < -0.3 is 4.57 Å². The van der Waals surface area contributed by atoms with Gasteiger partial charge in [-0.1, -0.05) is 193 Å². The molecule has 0 atom stereocenters. The number of aromatic nitrogens is 6. The molecule has 0 amide bonds. The maximum Gasteiger partial charge on any atom is 0.166 e. The first-order chi connectivity index (χ1) is 34.8. The standard InChI is InChI=1S/C65H48N6/c1-41-25-30-52(43(3)35-41)49-27-32-54-55-33-28-50(53-31-26-42(2)36-44(53)4)39-61(55)71(60(54)38-49)59-34-29-51(64-66-57(45-17-9-5-10-18-45)40-58(67-64)46-19-11-6-12-20-46)37-56(59)65-69-62(47-21-13-7-14-22-47)68-63(70-65)48-23-15-8-16-24-48/h5-40H,1-4H3. The Morgan fingerprint density at radius 2 is 0.690 bits per heavy atom. The second kappa shape index (κ2) is 18.1. The van der Waals surface area contributed by atoms with E-state index in [4.69, 9.17) is 24.9 Å². The maximum atomic E-state index is 5.39. The zero-order valence-corrected chi connectivity index (χ0v) is 40.0. The highest BCUT2D eigenvalue weighted by Gasteiger charge is 2.23. The van der Waals surface area contributed by atoms with E-state index in [-0.39, 0.29) is 0 Å². The summed E-state index contributed by atoms with van der Waals surface area (Å²) in [5.74, 6) is 2.28. The van der Waals surface area contributed by atoms with Gasteiger partial charge in [0, 0.05) is 44.2 Å². The highest BCUT2D eigenvalue weighted by molar-refractivity contribution is 6.12. The molecule has 0 saturated heterocycles. The van der Waals surface area contributed by atoms with E-state index in [9.17, 15) is 0 Å². The summed E-state index contributed by atoms with van der Waals surface area (Å²) in [5.41, 5.74) is 19.8. The average molecular weight is 913 g/mol. The minimum absolute atomic E-state index is 0.531. The lowest BCUT2D eigenvalue weighted by Gasteiger charge is -2.17. The van der Waals surface area contributed by atoms with Gasteiger partial charge in [-0.3, -0.25) is 0 Å². The van der Waals surface area contributed by atoms with Crippen molar-refractivity contribution in [2.45, 2.75) is 27.7 Å². The SMILES string of the molecule is Cc1ccc(-c2ccc3c4ccc(-c5ccc(C)cc5C)cc4n(-c4ccc(-c5nc(-c6ccccc6)cc(-c6ccccc6)n5)cc4-c4nc(-c5ccccc5)nc(-c5ccccc5)n4)c3c2)c(C)c1. The third-order valence-corrected chi connectivity index (χ3v) is 13.5. The summed E-state index contributed by atoms with van der Waals surface area (Å²) in [5, 5.41) is 2.29. The lowest BCUT2D eigenvalue weighted by Crippen LogP contribution is -2.05. The zero-order valence-electron chi connectivity index (χ0n) is 40.0. The van der Waals surface area contributed by atoms with Gasteiger partial charge in [0.1, 0.15) is 0 Å². The van der Waals surface area contributed by atoms with Gasteiger partial charge in [0.25, 0.3) is 0 Å². The molecule has 0 aliphatic rings. The minimum Gasteiger partial charge on any atom is -0.308 e. The van der Waals surface area contributed by atoms with E-state index >= 15 is 0 Å². The molecule has 338 valence electrons. The van der Waals surface area contributed by atoms with Crippen molar-refractivity contribution in [2.24, 2.45) is 0 Å². The summed E-state index contributed by atoms with van der Waals surface area (Å²) < 4.78 is 2.41. The van der Waals surface area contributed by atoms with E-state index < -0.39 is 0 Å². The van der Waals surface area contributed by atoms with Crippen LogP contribution in [0.2, 0.25) is 0 Å². The molecule has 3 heterocycles. The molecule has 0 saturated carbocycles. The maximum absolute atomic E-state index is 5.39. The minimum atomic E-state index is 0.531. The van der Waals surface area contributed by atoms with Gasteiger partial charge in [0.05, 0.1) is 28.1 Å². The van der Waals surface area contributed by atoms with E-state index in [2.05, 4.69) is 178 Å². The first-order valence-electron chi connectivity index (χ1n) is 24.1. The summed E-state index contributed by atoms with van der Waals surface area (Å²) in [6.45, 7) is 8.69. The van der Waals surface area contributed by atoms with E-state index in [0.717, 1.165) is 83.4 Å². The number of benzene rings is 9. The molecular weight excluding hydrogens is 865 g/mol. The fourth-order valence-electron chi connectivity index (χ4n) is 9.96. The molecular formula is C65H48N6.